The number of rotatable bonds is 2. The van der Waals surface area contributed by atoms with Crippen LogP contribution in [0.1, 0.15) is 0 Å². The van der Waals surface area contributed by atoms with Gasteiger partial charge in [-0.1, -0.05) is 0 Å². The Morgan fingerprint density at radius 1 is 1.15 bits per heavy atom. The SMILES string of the molecule is Nc1ccc(N)c(O[PH](O)(O)O)c1. The fourth-order valence-electron chi connectivity index (χ4n) is 0.787. The molecule has 0 bridgehead atoms. The Kier molecular flexibility index (Phi) is 2.58. The van der Waals surface area contributed by atoms with E-state index in [0.717, 1.165) is 0 Å². The molecule has 0 saturated heterocycles. The molecule has 0 aliphatic heterocycles. The second-order valence-corrected chi connectivity index (χ2v) is 3.83. The second-order valence-electron chi connectivity index (χ2n) is 2.47. The summed E-state index contributed by atoms with van der Waals surface area (Å²) in [6.07, 6.45) is 0. The molecule has 1 aromatic rings. The van der Waals surface area contributed by atoms with Crippen LogP contribution in [0.3, 0.4) is 0 Å². The Morgan fingerprint density at radius 2 is 1.77 bits per heavy atom. The van der Waals surface area contributed by atoms with Crippen molar-refractivity contribution in [2.24, 2.45) is 0 Å². The Hall–Kier alpha value is -1.07. The Labute approximate surface area is 75.0 Å². The molecular formula is C6H11N2O4P. The van der Waals surface area contributed by atoms with Gasteiger partial charge in [0.25, 0.3) is 0 Å². The van der Waals surface area contributed by atoms with Crippen molar-refractivity contribution in [2.45, 2.75) is 0 Å². The van der Waals surface area contributed by atoms with Crippen LogP contribution in [0, 0.1) is 0 Å². The number of nitrogens with two attached hydrogens (primary N) is 2. The first kappa shape index (κ1) is 10.0. The molecule has 0 fully saturated rings. The first-order valence-corrected chi connectivity index (χ1v) is 5.14. The summed E-state index contributed by atoms with van der Waals surface area (Å²) < 4.78 is 4.41. The van der Waals surface area contributed by atoms with E-state index in [1.807, 2.05) is 0 Å². The van der Waals surface area contributed by atoms with Gasteiger partial charge in [0, 0.05) is 0 Å². The number of hydrogen-bond acceptors (Lipinski definition) is 6. The van der Waals surface area contributed by atoms with Crippen LogP contribution in [0.25, 0.3) is 0 Å². The second kappa shape index (κ2) is 3.35. The molecule has 1 aromatic carbocycles. The summed E-state index contributed by atoms with van der Waals surface area (Å²) in [7, 11) is -4.59. The van der Waals surface area contributed by atoms with E-state index in [1.165, 1.54) is 18.2 Å². The molecule has 7 heteroatoms. The Morgan fingerprint density at radius 3 is 2.31 bits per heavy atom. The van der Waals surface area contributed by atoms with E-state index >= 15 is 0 Å². The summed E-state index contributed by atoms with van der Waals surface area (Å²) >= 11 is 0. The van der Waals surface area contributed by atoms with Gasteiger partial charge in [-0.15, -0.1) is 0 Å². The summed E-state index contributed by atoms with van der Waals surface area (Å²) in [5, 5.41) is 0. The topological polar surface area (TPSA) is 122 Å². The van der Waals surface area contributed by atoms with Crippen molar-refractivity contribution in [3.8, 4) is 5.75 Å². The van der Waals surface area contributed by atoms with E-state index in [0.29, 0.717) is 5.69 Å². The van der Waals surface area contributed by atoms with Crippen molar-refractivity contribution < 1.29 is 19.2 Å². The summed E-state index contributed by atoms with van der Waals surface area (Å²) in [5.74, 6) is -0.0424. The van der Waals surface area contributed by atoms with Crippen LogP contribution in [0.5, 0.6) is 5.75 Å². The molecule has 0 spiro atoms. The van der Waals surface area contributed by atoms with Crippen molar-refractivity contribution in [1.82, 2.24) is 0 Å². The minimum atomic E-state index is -4.59. The fourth-order valence-corrected chi connectivity index (χ4v) is 1.26. The van der Waals surface area contributed by atoms with Gasteiger partial charge < -0.3 is 0 Å². The van der Waals surface area contributed by atoms with Gasteiger partial charge in [-0.2, -0.15) is 0 Å². The van der Waals surface area contributed by atoms with Gasteiger partial charge >= 0.3 is 74.2 Å². The summed E-state index contributed by atoms with van der Waals surface area (Å²) in [6.45, 7) is 0. The van der Waals surface area contributed by atoms with Crippen LogP contribution in [-0.2, 0) is 0 Å². The van der Waals surface area contributed by atoms with Gasteiger partial charge in [-0.3, -0.25) is 0 Å². The van der Waals surface area contributed by atoms with Gasteiger partial charge in [-0.25, -0.2) is 0 Å². The predicted molar refractivity (Wildman–Crippen MR) is 50.9 cm³/mol. The van der Waals surface area contributed by atoms with E-state index < -0.39 is 8.17 Å². The molecule has 13 heavy (non-hydrogen) atoms. The van der Waals surface area contributed by atoms with E-state index in [2.05, 4.69) is 4.52 Å². The third kappa shape index (κ3) is 3.04. The van der Waals surface area contributed by atoms with Gasteiger partial charge in [0.15, 0.2) is 0 Å². The van der Waals surface area contributed by atoms with Crippen LogP contribution < -0.4 is 16.0 Å². The number of nitrogen functional groups attached to an aromatic ring is 2. The van der Waals surface area contributed by atoms with Crippen LogP contribution in [0.2, 0.25) is 0 Å². The first-order valence-electron chi connectivity index (χ1n) is 3.39. The standard InChI is InChI=1S/C6H11N2O4P/c7-4-1-2-5(8)6(3-4)12-13(9,10)11/h1-3,9-11,13H,7-8H2. The van der Waals surface area contributed by atoms with E-state index in [4.69, 9.17) is 26.1 Å². The molecule has 1 rings (SSSR count). The number of hydrogen-bond donors (Lipinski definition) is 5. The predicted octanol–water partition coefficient (Wildman–Crippen LogP) is -0.383. The Bertz CT molecular complexity index is 312. The molecule has 7 N–H and O–H groups in total. The normalized spacial score (nSPS) is 12.5. The minimum absolute atomic E-state index is 0.0424. The maximum atomic E-state index is 8.62. The molecular weight excluding hydrogens is 195 g/mol. The zero-order valence-corrected chi connectivity index (χ0v) is 7.64. The molecule has 74 valence electrons. The maximum absolute atomic E-state index is 8.62. The zero-order valence-electron chi connectivity index (χ0n) is 6.64. The summed E-state index contributed by atoms with van der Waals surface area (Å²) in [6, 6.07) is 4.25. The van der Waals surface area contributed by atoms with Gasteiger partial charge in [0.2, 0.25) is 0 Å². The van der Waals surface area contributed by atoms with Gasteiger partial charge in [-0.05, 0) is 0 Å². The van der Waals surface area contributed by atoms with Crippen LogP contribution in [0.15, 0.2) is 18.2 Å². The molecule has 6 nitrogen and oxygen atoms in total. The molecule has 0 aliphatic rings. The molecule has 0 saturated carbocycles. The van der Waals surface area contributed by atoms with Gasteiger partial charge in [0.05, 0.1) is 0 Å². The average molecular weight is 206 g/mol. The van der Waals surface area contributed by atoms with Crippen molar-refractivity contribution in [2.75, 3.05) is 11.5 Å². The van der Waals surface area contributed by atoms with Crippen molar-refractivity contribution in [1.29, 1.82) is 0 Å². The molecule has 0 atom stereocenters. The quantitative estimate of drug-likeness (QED) is 0.332. The van der Waals surface area contributed by atoms with Crippen LogP contribution in [0.4, 0.5) is 11.4 Å². The number of anilines is 2. The molecule has 0 amide bonds. The molecule has 0 aromatic heterocycles. The van der Waals surface area contributed by atoms with Gasteiger partial charge in [0.1, 0.15) is 0 Å². The number of benzene rings is 1. The average Bonchev–Trinajstić information content (AvgIpc) is 1.94. The third-order valence-electron chi connectivity index (χ3n) is 1.28. The zero-order chi connectivity index (χ0) is 10.1. The van der Waals surface area contributed by atoms with E-state index in [-0.39, 0.29) is 11.4 Å². The summed E-state index contributed by atoms with van der Waals surface area (Å²) in [4.78, 5) is 25.9. The van der Waals surface area contributed by atoms with Crippen molar-refractivity contribution in [3.63, 3.8) is 0 Å². The Balaban J connectivity index is 2.94. The van der Waals surface area contributed by atoms with Crippen LogP contribution >= 0.6 is 8.17 Å². The van der Waals surface area contributed by atoms with Crippen molar-refractivity contribution >= 4 is 19.5 Å². The molecule has 0 aliphatic carbocycles. The summed E-state index contributed by atoms with van der Waals surface area (Å²) in [5.41, 5.74) is 11.3. The van der Waals surface area contributed by atoms with Crippen molar-refractivity contribution in [3.05, 3.63) is 18.2 Å². The molecule has 0 radical (unpaired) electrons. The molecule has 0 heterocycles. The third-order valence-corrected chi connectivity index (χ3v) is 1.78. The monoisotopic (exact) mass is 206 g/mol. The van der Waals surface area contributed by atoms with E-state index in [9.17, 15) is 0 Å². The fraction of sp³-hybridized carbons (Fsp3) is 0. The van der Waals surface area contributed by atoms with Crippen LogP contribution in [-0.4, -0.2) is 14.7 Å². The first-order chi connectivity index (χ1) is 5.88. The van der Waals surface area contributed by atoms with E-state index in [1.54, 1.807) is 0 Å². The molecule has 0 unspecified atom stereocenters.